The van der Waals surface area contributed by atoms with Crippen LogP contribution in [0.25, 0.3) is 11.8 Å². The number of nitro groups is 1. The van der Waals surface area contributed by atoms with Crippen LogP contribution in [0.3, 0.4) is 0 Å². The summed E-state index contributed by atoms with van der Waals surface area (Å²) < 4.78 is 1.01. The average molecular weight is 529 g/mol. The van der Waals surface area contributed by atoms with Gasteiger partial charge in [0.25, 0.3) is 11.6 Å². The van der Waals surface area contributed by atoms with E-state index in [1.807, 2.05) is 42.5 Å². The number of nitro benzene ring substituents is 1. The van der Waals surface area contributed by atoms with Gasteiger partial charge >= 0.3 is 0 Å². The molecule has 4 rings (SSSR count). The minimum atomic E-state index is -0.449. The van der Waals surface area contributed by atoms with Gasteiger partial charge in [0.2, 0.25) is 0 Å². The molecule has 0 saturated heterocycles. The van der Waals surface area contributed by atoms with Crippen LogP contribution in [0.1, 0.15) is 11.1 Å². The molecule has 148 valence electrons. The Morgan fingerprint density at radius 3 is 2.33 bits per heavy atom. The zero-order chi connectivity index (χ0) is 21.3. The molecule has 0 saturated carbocycles. The van der Waals surface area contributed by atoms with Crippen molar-refractivity contribution in [2.75, 3.05) is 4.90 Å². The quantitative estimate of drug-likeness (QED) is 0.172. The lowest BCUT2D eigenvalue weighted by molar-refractivity contribution is -0.384. The third-order valence-corrected chi connectivity index (χ3v) is 5.54. The number of non-ortho nitro benzene ring substituents is 1. The second-order valence-corrected chi connectivity index (χ2v) is 8.29. The highest BCUT2D eigenvalue weighted by Gasteiger charge is 2.30. The van der Waals surface area contributed by atoms with Crippen LogP contribution in [0.2, 0.25) is 5.02 Å². The van der Waals surface area contributed by atoms with Crippen molar-refractivity contribution in [2.45, 2.75) is 0 Å². The van der Waals surface area contributed by atoms with Gasteiger partial charge < -0.3 is 0 Å². The van der Waals surface area contributed by atoms with Crippen molar-refractivity contribution in [3.63, 3.8) is 0 Å². The Morgan fingerprint density at radius 2 is 1.70 bits per heavy atom. The highest BCUT2D eigenvalue weighted by Crippen LogP contribution is 2.36. The van der Waals surface area contributed by atoms with Crippen LogP contribution < -0.4 is 4.90 Å². The average Bonchev–Trinajstić information content (AvgIpc) is 3.05. The Labute approximate surface area is 191 Å². The Kier molecular flexibility index (Phi) is 5.69. The minimum absolute atomic E-state index is 0.00720. The lowest BCUT2D eigenvalue weighted by Crippen LogP contribution is -2.25. The summed E-state index contributed by atoms with van der Waals surface area (Å²) in [5.41, 5.74) is 3.58. The predicted octanol–water partition coefficient (Wildman–Crippen LogP) is 6.32. The first-order valence-corrected chi connectivity index (χ1v) is 10.4. The number of halogens is 2. The van der Waals surface area contributed by atoms with E-state index in [9.17, 15) is 14.9 Å². The van der Waals surface area contributed by atoms with E-state index in [0.717, 1.165) is 20.5 Å². The van der Waals surface area contributed by atoms with Crippen LogP contribution >= 0.6 is 34.2 Å². The van der Waals surface area contributed by atoms with Crippen molar-refractivity contribution >= 4 is 63.2 Å². The zero-order valence-corrected chi connectivity index (χ0v) is 18.4. The van der Waals surface area contributed by atoms with Crippen molar-refractivity contribution in [2.24, 2.45) is 0 Å². The molecule has 0 spiro atoms. The van der Waals surface area contributed by atoms with Crippen molar-refractivity contribution in [3.05, 3.63) is 114 Å². The SMILES string of the molecule is O=C1/C(=C\c2ccc([N+](=O)[O-])cc2)C=C(c2ccc(Cl)cc2)N1c1cccc(I)c1. The van der Waals surface area contributed by atoms with Crippen LogP contribution in [0, 0.1) is 13.7 Å². The highest BCUT2D eigenvalue weighted by atomic mass is 127. The van der Waals surface area contributed by atoms with E-state index in [4.69, 9.17) is 11.6 Å². The van der Waals surface area contributed by atoms with Crippen LogP contribution in [-0.2, 0) is 4.79 Å². The maximum Gasteiger partial charge on any atom is 0.269 e. The molecule has 0 unspecified atom stereocenters. The molecule has 0 radical (unpaired) electrons. The van der Waals surface area contributed by atoms with Gasteiger partial charge in [0.05, 0.1) is 16.3 Å². The number of rotatable bonds is 4. The molecule has 0 N–H and O–H groups in total. The van der Waals surface area contributed by atoms with Gasteiger partial charge in [0.15, 0.2) is 0 Å². The van der Waals surface area contributed by atoms with Gasteiger partial charge in [-0.15, -0.1) is 0 Å². The molecule has 30 heavy (non-hydrogen) atoms. The number of carbonyl (C=O) groups is 1. The fourth-order valence-electron chi connectivity index (χ4n) is 3.19. The van der Waals surface area contributed by atoms with Gasteiger partial charge in [-0.1, -0.05) is 29.8 Å². The number of carbonyl (C=O) groups excluding carboxylic acids is 1. The summed E-state index contributed by atoms with van der Waals surface area (Å²) in [4.78, 5) is 25.4. The Bertz CT molecular complexity index is 1200. The van der Waals surface area contributed by atoms with Gasteiger partial charge in [0.1, 0.15) is 0 Å². The summed E-state index contributed by atoms with van der Waals surface area (Å²) >= 11 is 8.24. The van der Waals surface area contributed by atoms with Crippen LogP contribution in [0.5, 0.6) is 0 Å². The molecule has 1 aliphatic heterocycles. The molecule has 0 atom stereocenters. The van der Waals surface area contributed by atoms with E-state index in [2.05, 4.69) is 22.6 Å². The zero-order valence-electron chi connectivity index (χ0n) is 15.5. The van der Waals surface area contributed by atoms with Crippen LogP contribution in [0.15, 0.2) is 84.4 Å². The van der Waals surface area contributed by atoms with Gasteiger partial charge in [-0.25, -0.2) is 0 Å². The summed E-state index contributed by atoms with van der Waals surface area (Å²) in [6.07, 6.45) is 3.56. The van der Waals surface area contributed by atoms with E-state index in [0.29, 0.717) is 16.2 Å². The van der Waals surface area contributed by atoms with E-state index in [-0.39, 0.29) is 11.6 Å². The maximum atomic E-state index is 13.3. The van der Waals surface area contributed by atoms with Crippen LogP contribution in [0.4, 0.5) is 11.4 Å². The van der Waals surface area contributed by atoms with Gasteiger partial charge in [0, 0.05) is 26.3 Å². The predicted molar refractivity (Wildman–Crippen MR) is 127 cm³/mol. The molecule has 1 heterocycles. The monoisotopic (exact) mass is 528 g/mol. The molecule has 3 aromatic carbocycles. The normalized spacial score (nSPS) is 14.9. The standard InChI is InChI=1S/C23H14ClIN2O3/c24-18-8-6-16(7-9-18)22-13-17(12-15-4-10-20(11-5-15)27(29)30)23(28)26(22)21-3-1-2-19(25)14-21/h1-14H/b17-12-. The minimum Gasteiger partial charge on any atom is -0.276 e. The Morgan fingerprint density at radius 1 is 1.00 bits per heavy atom. The lowest BCUT2D eigenvalue weighted by atomic mass is 10.1. The Hall–Kier alpha value is -2.97. The number of anilines is 1. The van der Waals surface area contributed by atoms with E-state index >= 15 is 0 Å². The van der Waals surface area contributed by atoms with E-state index in [1.54, 1.807) is 35.2 Å². The number of amides is 1. The van der Waals surface area contributed by atoms with Crippen molar-refractivity contribution in [3.8, 4) is 0 Å². The molecule has 0 fully saturated rings. The number of nitrogens with zero attached hydrogens (tertiary/aromatic N) is 2. The second kappa shape index (κ2) is 8.41. The summed E-state index contributed by atoms with van der Waals surface area (Å²) in [6, 6.07) is 21.1. The first kappa shape index (κ1) is 20.3. The molecular weight excluding hydrogens is 515 g/mol. The molecule has 0 aliphatic carbocycles. The van der Waals surface area contributed by atoms with Gasteiger partial charge in [-0.3, -0.25) is 19.8 Å². The first-order valence-electron chi connectivity index (χ1n) is 8.96. The first-order chi connectivity index (χ1) is 14.4. The molecule has 7 heteroatoms. The third kappa shape index (κ3) is 4.15. The number of benzene rings is 3. The summed E-state index contributed by atoms with van der Waals surface area (Å²) in [6.45, 7) is 0. The van der Waals surface area contributed by atoms with Gasteiger partial charge in [-0.05, 0) is 88.3 Å². The summed E-state index contributed by atoms with van der Waals surface area (Å²) in [5.74, 6) is -0.166. The number of hydrogen-bond acceptors (Lipinski definition) is 3. The second-order valence-electron chi connectivity index (χ2n) is 6.61. The van der Waals surface area contributed by atoms with E-state index < -0.39 is 4.92 Å². The lowest BCUT2D eigenvalue weighted by Gasteiger charge is -2.21. The maximum absolute atomic E-state index is 13.3. The highest BCUT2D eigenvalue weighted by molar-refractivity contribution is 14.1. The third-order valence-electron chi connectivity index (χ3n) is 4.62. The fraction of sp³-hybridized carbons (Fsp3) is 0. The summed E-state index contributed by atoms with van der Waals surface area (Å²) in [5, 5.41) is 11.5. The van der Waals surface area contributed by atoms with Crippen molar-refractivity contribution in [1.29, 1.82) is 0 Å². The van der Waals surface area contributed by atoms with E-state index in [1.165, 1.54) is 12.1 Å². The topological polar surface area (TPSA) is 63.4 Å². The molecule has 1 aliphatic rings. The molecule has 0 aromatic heterocycles. The van der Waals surface area contributed by atoms with Gasteiger partial charge in [-0.2, -0.15) is 0 Å². The van der Waals surface area contributed by atoms with Crippen molar-refractivity contribution < 1.29 is 9.72 Å². The molecular formula is C23H14ClIN2O3. The van der Waals surface area contributed by atoms with Crippen LogP contribution in [-0.4, -0.2) is 10.8 Å². The number of hydrogen-bond donors (Lipinski definition) is 0. The van der Waals surface area contributed by atoms with Crippen molar-refractivity contribution in [1.82, 2.24) is 0 Å². The largest absolute Gasteiger partial charge is 0.276 e. The summed E-state index contributed by atoms with van der Waals surface area (Å²) in [7, 11) is 0. The fourth-order valence-corrected chi connectivity index (χ4v) is 3.84. The molecule has 3 aromatic rings. The Balaban J connectivity index is 1.79. The molecule has 0 bridgehead atoms. The molecule has 5 nitrogen and oxygen atoms in total. The molecule has 1 amide bonds. The smallest absolute Gasteiger partial charge is 0.269 e.